The van der Waals surface area contributed by atoms with Crippen molar-refractivity contribution in [3.05, 3.63) is 12.2 Å². The van der Waals surface area contributed by atoms with Gasteiger partial charge in [0.05, 0.1) is 18.8 Å². The molecule has 0 radical (unpaired) electrons. The van der Waals surface area contributed by atoms with Crippen LogP contribution in [0.2, 0.25) is 0 Å². The lowest BCUT2D eigenvalue weighted by atomic mass is 9.81. The van der Waals surface area contributed by atoms with Gasteiger partial charge in [-0.3, -0.25) is 0 Å². The molecular formula is C13H25NO4S. The molecule has 6 atom stereocenters. The second kappa shape index (κ2) is 8.24. The Bertz CT molecular complexity index is 290. The Labute approximate surface area is 118 Å². The van der Waals surface area contributed by atoms with Crippen molar-refractivity contribution < 1.29 is 20.4 Å². The number of aliphatic hydroxyl groups is 4. The third-order valence-corrected chi connectivity index (χ3v) is 4.74. The molecule has 5 N–H and O–H groups in total. The number of thioether (sulfide) groups is 1. The highest BCUT2D eigenvalue weighted by Crippen LogP contribution is 2.28. The number of rotatable bonds is 3. The molecule has 0 aromatic carbocycles. The van der Waals surface area contributed by atoms with Crippen molar-refractivity contribution in [2.75, 3.05) is 19.4 Å². The molecular weight excluding hydrogens is 266 g/mol. The van der Waals surface area contributed by atoms with Gasteiger partial charge in [-0.1, -0.05) is 19.1 Å². The van der Waals surface area contributed by atoms with Crippen molar-refractivity contribution in [1.29, 1.82) is 0 Å². The van der Waals surface area contributed by atoms with Gasteiger partial charge in [0.1, 0.15) is 5.44 Å². The van der Waals surface area contributed by atoms with E-state index in [9.17, 15) is 20.4 Å². The van der Waals surface area contributed by atoms with Crippen LogP contribution in [0.3, 0.4) is 0 Å². The molecule has 1 aliphatic rings. The molecule has 5 nitrogen and oxygen atoms in total. The molecule has 0 spiro atoms. The lowest BCUT2D eigenvalue weighted by molar-refractivity contribution is -0.0631. The molecule has 4 unspecified atom stereocenters. The lowest BCUT2D eigenvalue weighted by Crippen LogP contribution is -2.53. The van der Waals surface area contributed by atoms with Crippen LogP contribution in [0, 0.1) is 11.8 Å². The number of aliphatic hydroxyl groups excluding tert-OH is 4. The lowest BCUT2D eigenvalue weighted by Gasteiger charge is -2.38. The summed E-state index contributed by atoms with van der Waals surface area (Å²) in [6, 6.07) is -0.221. The third kappa shape index (κ3) is 4.44. The van der Waals surface area contributed by atoms with Crippen LogP contribution in [-0.2, 0) is 0 Å². The van der Waals surface area contributed by atoms with Crippen LogP contribution in [0.25, 0.3) is 0 Å². The van der Waals surface area contributed by atoms with E-state index in [-0.39, 0.29) is 12.0 Å². The second-order valence-electron chi connectivity index (χ2n) is 4.97. The molecule has 0 aromatic heterocycles. The predicted molar refractivity (Wildman–Crippen MR) is 76.8 cm³/mol. The highest BCUT2D eigenvalue weighted by molar-refractivity contribution is 7.99. The Hall–Kier alpha value is -0.110. The zero-order valence-electron chi connectivity index (χ0n) is 11.4. The summed E-state index contributed by atoms with van der Waals surface area (Å²) in [6.07, 6.45) is 2.78. The van der Waals surface area contributed by atoms with Crippen molar-refractivity contribution in [1.82, 2.24) is 5.32 Å². The zero-order chi connectivity index (χ0) is 14.4. The average Bonchev–Trinajstić information content (AvgIpc) is 2.41. The predicted octanol–water partition coefficient (Wildman–Crippen LogP) is -0.448. The van der Waals surface area contributed by atoms with Gasteiger partial charge in [-0.05, 0) is 25.1 Å². The van der Waals surface area contributed by atoms with Crippen LogP contribution < -0.4 is 5.32 Å². The monoisotopic (exact) mass is 291 g/mol. The molecule has 19 heavy (non-hydrogen) atoms. The quantitative estimate of drug-likeness (QED) is 0.452. The van der Waals surface area contributed by atoms with Crippen LogP contribution in [0.15, 0.2) is 12.2 Å². The molecule has 0 fully saturated rings. The molecule has 1 heterocycles. The van der Waals surface area contributed by atoms with E-state index in [1.165, 1.54) is 11.8 Å². The van der Waals surface area contributed by atoms with Crippen molar-refractivity contribution in [3.63, 3.8) is 0 Å². The molecule has 0 saturated heterocycles. The standard InChI is InChI=1S/C13H25NO4S/c1-8-5-3-4-6-19-13(18)12(17)10(9(16)7-15)11(8)14-2/h3,5,8-18H,4,6-7H2,1-2H3/b5-3-/t8-,9+,10?,11?,12?,13?/m1/s1. The highest BCUT2D eigenvalue weighted by atomic mass is 32.2. The minimum Gasteiger partial charge on any atom is -0.394 e. The van der Waals surface area contributed by atoms with Gasteiger partial charge in [-0.2, -0.15) is 0 Å². The zero-order valence-corrected chi connectivity index (χ0v) is 12.3. The van der Waals surface area contributed by atoms with Crippen molar-refractivity contribution in [2.45, 2.75) is 37.0 Å². The summed E-state index contributed by atoms with van der Waals surface area (Å²) in [5.41, 5.74) is -0.958. The van der Waals surface area contributed by atoms with Crippen molar-refractivity contribution in [2.24, 2.45) is 11.8 Å². The third-order valence-electron chi connectivity index (χ3n) is 3.65. The summed E-state index contributed by atoms with van der Waals surface area (Å²) in [5.74, 6) is 0.171. The molecule has 0 aromatic rings. The molecule has 0 bridgehead atoms. The van der Waals surface area contributed by atoms with E-state index in [2.05, 4.69) is 11.4 Å². The summed E-state index contributed by atoms with van der Waals surface area (Å²) in [5, 5.41) is 42.5. The molecule has 112 valence electrons. The first kappa shape index (κ1) is 16.9. The number of allylic oxidation sites excluding steroid dienone is 1. The normalized spacial score (nSPS) is 40.6. The smallest absolute Gasteiger partial charge is 0.126 e. The van der Waals surface area contributed by atoms with Gasteiger partial charge in [0.25, 0.3) is 0 Å². The first-order valence-electron chi connectivity index (χ1n) is 6.63. The van der Waals surface area contributed by atoms with E-state index in [0.29, 0.717) is 5.75 Å². The molecule has 0 amide bonds. The van der Waals surface area contributed by atoms with Gasteiger partial charge in [0, 0.05) is 12.0 Å². The molecule has 1 rings (SSSR count). The fraction of sp³-hybridized carbons (Fsp3) is 0.846. The van der Waals surface area contributed by atoms with Crippen molar-refractivity contribution in [3.8, 4) is 0 Å². The van der Waals surface area contributed by atoms with E-state index < -0.39 is 30.2 Å². The molecule has 0 aliphatic carbocycles. The van der Waals surface area contributed by atoms with Gasteiger partial charge in [0.2, 0.25) is 0 Å². The maximum Gasteiger partial charge on any atom is 0.126 e. The number of nitrogens with one attached hydrogen (secondary N) is 1. The van der Waals surface area contributed by atoms with Gasteiger partial charge >= 0.3 is 0 Å². The van der Waals surface area contributed by atoms with E-state index in [1.807, 2.05) is 13.0 Å². The topological polar surface area (TPSA) is 93.0 Å². The fourth-order valence-corrected chi connectivity index (χ4v) is 3.48. The van der Waals surface area contributed by atoms with Crippen LogP contribution in [0.4, 0.5) is 0 Å². The minimum absolute atomic E-state index is 0.0844. The Morgan fingerprint density at radius 3 is 2.68 bits per heavy atom. The van der Waals surface area contributed by atoms with E-state index in [0.717, 1.165) is 6.42 Å². The average molecular weight is 291 g/mol. The minimum atomic E-state index is -1.08. The first-order valence-corrected chi connectivity index (χ1v) is 7.68. The van der Waals surface area contributed by atoms with E-state index in [1.54, 1.807) is 7.05 Å². The Balaban J connectivity index is 3.03. The summed E-state index contributed by atoms with van der Waals surface area (Å²) < 4.78 is 0. The SMILES string of the molecule is CNC1C([C@@H](O)CO)C(O)C(O)SCC/C=C\[C@H]1C. The Morgan fingerprint density at radius 1 is 1.42 bits per heavy atom. The van der Waals surface area contributed by atoms with Crippen LogP contribution in [-0.4, -0.2) is 63.5 Å². The highest BCUT2D eigenvalue weighted by Gasteiger charge is 2.39. The van der Waals surface area contributed by atoms with Gasteiger partial charge in [-0.15, -0.1) is 11.8 Å². The second-order valence-corrected chi connectivity index (χ2v) is 6.19. The Morgan fingerprint density at radius 2 is 2.11 bits per heavy atom. The molecule has 1 aliphatic heterocycles. The summed E-state index contributed by atoms with van der Waals surface area (Å²) in [7, 11) is 1.75. The number of hydrogen-bond acceptors (Lipinski definition) is 6. The summed E-state index contributed by atoms with van der Waals surface area (Å²) in [4.78, 5) is 0. The van der Waals surface area contributed by atoms with Crippen LogP contribution in [0.5, 0.6) is 0 Å². The van der Waals surface area contributed by atoms with E-state index in [4.69, 9.17) is 0 Å². The molecule has 6 heteroatoms. The maximum atomic E-state index is 10.3. The maximum absolute atomic E-state index is 10.3. The largest absolute Gasteiger partial charge is 0.394 e. The van der Waals surface area contributed by atoms with Gasteiger partial charge in [0.15, 0.2) is 0 Å². The van der Waals surface area contributed by atoms with Crippen LogP contribution >= 0.6 is 11.8 Å². The van der Waals surface area contributed by atoms with E-state index >= 15 is 0 Å². The van der Waals surface area contributed by atoms with Gasteiger partial charge < -0.3 is 25.7 Å². The fourth-order valence-electron chi connectivity index (χ4n) is 2.58. The number of hydrogen-bond donors (Lipinski definition) is 5. The Kier molecular flexibility index (Phi) is 7.35. The summed E-state index contributed by atoms with van der Waals surface area (Å²) >= 11 is 1.26. The van der Waals surface area contributed by atoms with Gasteiger partial charge in [-0.25, -0.2) is 0 Å². The summed E-state index contributed by atoms with van der Waals surface area (Å²) in [6.45, 7) is 1.55. The van der Waals surface area contributed by atoms with Crippen molar-refractivity contribution >= 4 is 11.8 Å². The van der Waals surface area contributed by atoms with Crippen LogP contribution in [0.1, 0.15) is 13.3 Å². The molecule has 0 saturated carbocycles. The first-order chi connectivity index (χ1) is 9.02.